The average Bonchev–Trinajstić information content (AvgIpc) is 2.26. The molecule has 0 saturated heterocycles. The lowest BCUT2D eigenvalue weighted by molar-refractivity contribution is -0.120. The Kier molecular flexibility index (Phi) is 6.49. The van der Waals surface area contributed by atoms with E-state index in [2.05, 4.69) is 0 Å². The Balaban J connectivity index is 4.30. The van der Waals surface area contributed by atoms with E-state index in [9.17, 15) is 26.4 Å². The number of amides is 1. The van der Waals surface area contributed by atoms with E-state index in [4.69, 9.17) is 4.43 Å². The van der Waals surface area contributed by atoms with Crippen molar-refractivity contribution < 1.29 is 30.8 Å². The van der Waals surface area contributed by atoms with Crippen molar-refractivity contribution in [1.29, 1.82) is 0 Å². The molecule has 5 nitrogen and oxygen atoms in total. The Labute approximate surface area is 111 Å². The lowest BCUT2D eigenvalue weighted by Gasteiger charge is -2.23. The summed E-state index contributed by atoms with van der Waals surface area (Å²) in [6.07, 6.45) is 0.0187. The van der Waals surface area contributed by atoms with E-state index < -0.39 is 29.8 Å². The number of carbonyl (C=O) groups is 1. The summed E-state index contributed by atoms with van der Waals surface area (Å²) in [5, 5.41) is 0. The Hall–Kier alpha value is -0.613. The van der Waals surface area contributed by atoms with Gasteiger partial charge >= 0.3 is 15.5 Å². The second-order valence-corrected chi connectivity index (χ2v) is 10.5. The van der Waals surface area contributed by atoms with Crippen molar-refractivity contribution in [3.63, 3.8) is 0 Å². The molecule has 10 heteroatoms. The molecule has 19 heavy (non-hydrogen) atoms. The van der Waals surface area contributed by atoms with Crippen LogP contribution in [-0.2, 0) is 19.2 Å². The predicted molar refractivity (Wildman–Crippen MR) is 66.3 cm³/mol. The minimum absolute atomic E-state index is 0.277. The lowest BCUT2D eigenvalue weighted by atomic mass is 10.3. The van der Waals surface area contributed by atoms with Gasteiger partial charge in [-0.25, -0.2) is 4.72 Å². The molecule has 1 N–H and O–H groups in total. The molecular formula is C9H18F3NO4SSi. The molecule has 0 fully saturated rings. The van der Waals surface area contributed by atoms with E-state index in [0.717, 1.165) is 10.8 Å². The van der Waals surface area contributed by atoms with Crippen molar-refractivity contribution in [3.8, 4) is 0 Å². The van der Waals surface area contributed by atoms with Crippen molar-refractivity contribution in [2.45, 2.75) is 43.9 Å². The molecule has 0 aromatic heterocycles. The maximum absolute atomic E-state index is 12.0. The summed E-state index contributed by atoms with van der Waals surface area (Å²) >= 11 is 0. The third-order valence-corrected chi connectivity index (χ3v) is 7.90. The van der Waals surface area contributed by atoms with Crippen molar-refractivity contribution in [2.24, 2.45) is 0 Å². The van der Waals surface area contributed by atoms with Gasteiger partial charge in [0.05, 0.1) is 0 Å². The normalized spacial score (nSPS) is 15.9. The smallest absolute Gasteiger partial charge is 0.420 e. The standard InChI is InChI=1S/C9H18F3NO4SSi/c1-4-19(3,17-2)7-5-6-8(14)13-18(15,16)9(10,11)12/h4-7H2,1-3H3,(H,13,14). The van der Waals surface area contributed by atoms with E-state index in [0.29, 0.717) is 12.5 Å². The highest BCUT2D eigenvalue weighted by Crippen LogP contribution is 2.22. The zero-order valence-electron chi connectivity index (χ0n) is 11.0. The quantitative estimate of drug-likeness (QED) is 0.728. The number of sulfonamides is 1. The average molecular weight is 321 g/mol. The van der Waals surface area contributed by atoms with Gasteiger partial charge in [-0.05, 0) is 25.1 Å². The van der Waals surface area contributed by atoms with Crippen LogP contribution in [0.1, 0.15) is 19.8 Å². The third kappa shape index (κ3) is 5.91. The van der Waals surface area contributed by atoms with Crippen LogP contribution in [0.2, 0.25) is 18.6 Å². The minimum atomic E-state index is -5.59. The molecule has 0 aliphatic carbocycles. The molecule has 0 spiro atoms. The van der Waals surface area contributed by atoms with Crippen LogP contribution in [0.3, 0.4) is 0 Å². The number of nitrogens with one attached hydrogen (secondary N) is 1. The topological polar surface area (TPSA) is 72.5 Å². The molecule has 1 unspecified atom stereocenters. The second kappa shape index (κ2) is 6.71. The molecule has 0 aliphatic heterocycles. The van der Waals surface area contributed by atoms with Crippen molar-refractivity contribution in [1.82, 2.24) is 4.72 Å². The van der Waals surface area contributed by atoms with E-state index in [-0.39, 0.29) is 6.42 Å². The van der Waals surface area contributed by atoms with Gasteiger partial charge in [0.25, 0.3) is 0 Å². The molecule has 114 valence electrons. The molecular weight excluding hydrogens is 303 g/mol. The number of halogens is 3. The van der Waals surface area contributed by atoms with E-state index in [1.54, 1.807) is 7.11 Å². The summed E-state index contributed by atoms with van der Waals surface area (Å²) in [6.45, 7) is 3.88. The molecule has 0 rings (SSSR count). The van der Waals surface area contributed by atoms with Crippen LogP contribution in [-0.4, -0.2) is 35.3 Å². The van der Waals surface area contributed by atoms with Crippen LogP contribution in [0, 0.1) is 0 Å². The van der Waals surface area contributed by atoms with Crippen LogP contribution in [0.25, 0.3) is 0 Å². The maximum Gasteiger partial charge on any atom is 0.516 e. The van der Waals surface area contributed by atoms with Crippen LogP contribution in [0.5, 0.6) is 0 Å². The highest BCUT2D eigenvalue weighted by atomic mass is 32.2. The fourth-order valence-corrected chi connectivity index (χ4v) is 3.59. The Morgan fingerprint density at radius 1 is 1.37 bits per heavy atom. The molecule has 1 atom stereocenters. The first kappa shape index (κ1) is 18.4. The van der Waals surface area contributed by atoms with Gasteiger partial charge in [-0.3, -0.25) is 4.79 Å². The Bertz CT molecular complexity index is 406. The van der Waals surface area contributed by atoms with E-state index in [1.807, 2.05) is 13.5 Å². The van der Waals surface area contributed by atoms with Crippen LogP contribution in [0.15, 0.2) is 0 Å². The maximum atomic E-state index is 12.0. The summed E-state index contributed by atoms with van der Waals surface area (Å²) in [4.78, 5) is 11.2. The van der Waals surface area contributed by atoms with Gasteiger partial charge in [0.1, 0.15) is 0 Å². The Morgan fingerprint density at radius 2 is 1.89 bits per heavy atom. The molecule has 0 aliphatic rings. The Morgan fingerprint density at radius 3 is 2.26 bits per heavy atom. The zero-order chi connectivity index (χ0) is 15.3. The number of carbonyl (C=O) groups excluding carboxylic acids is 1. The van der Waals surface area contributed by atoms with Gasteiger partial charge in [-0.2, -0.15) is 21.6 Å². The summed E-state index contributed by atoms with van der Waals surface area (Å²) in [7, 11) is -5.95. The second-order valence-electron chi connectivity index (χ2n) is 4.34. The van der Waals surface area contributed by atoms with Gasteiger partial charge < -0.3 is 4.43 Å². The summed E-state index contributed by atoms with van der Waals surface area (Å²) in [5.41, 5.74) is -5.47. The molecule has 0 heterocycles. The zero-order valence-corrected chi connectivity index (χ0v) is 12.8. The number of hydrogen-bond acceptors (Lipinski definition) is 4. The van der Waals surface area contributed by atoms with Crippen molar-refractivity contribution in [3.05, 3.63) is 0 Å². The van der Waals surface area contributed by atoms with Crippen molar-refractivity contribution >= 4 is 24.2 Å². The van der Waals surface area contributed by atoms with Gasteiger partial charge in [-0.1, -0.05) is 6.92 Å². The minimum Gasteiger partial charge on any atom is -0.420 e. The number of alkyl halides is 3. The van der Waals surface area contributed by atoms with Crippen LogP contribution >= 0.6 is 0 Å². The molecule has 0 aromatic carbocycles. The highest BCUT2D eigenvalue weighted by molar-refractivity contribution is 7.90. The monoisotopic (exact) mass is 321 g/mol. The van der Waals surface area contributed by atoms with Crippen LogP contribution in [0.4, 0.5) is 13.2 Å². The summed E-state index contributed by atoms with van der Waals surface area (Å²) in [5.74, 6) is -1.15. The van der Waals surface area contributed by atoms with E-state index in [1.165, 1.54) is 0 Å². The van der Waals surface area contributed by atoms with Crippen molar-refractivity contribution in [2.75, 3.05) is 7.11 Å². The molecule has 0 aromatic rings. The first-order valence-corrected chi connectivity index (χ1v) is 9.95. The third-order valence-electron chi connectivity index (χ3n) is 2.90. The molecule has 1 amide bonds. The first-order chi connectivity index (χ1) is 8.47. The van der Waals surface area contributed by atoms with Gasteiger partial charge in [-0.15, -0.1) is 0 Å². The summed E-state index contributed by atoms with van der Waals surface area (Å²) < 4.78 is 63.7. The van der Waals surface area contributed by atoms with Crippen LogP contribution < -0.4 is 4.72 Å². The van der Waals surface area contributed by atoms with Gasteiger partial charge in [0, 0.05) is 13.5 Å². The first-order valence-electron chi connectivity index (χ1n) is 5.64. The molecule has 0 bridgehead atoms. The highest BCUT2D eigenvalue weighted by Gasteiger charge is 2.46. The SMILES string of the molecule is CC[Si](C)(CCCC(=O)NS(=O)(=O)C(F)(F)F)OC. The van der Waals surface area contributed by atoms with Gasteiger partial charge in [0.2, 0.25) is 5.91 Å². The molecule has 0 radical (unpaired) electrons. The largest absolute Gasteiger partial charge is 0.516 e. The fourth-order valence-electron chi connectivity index (χ4n) is 1.30. The molecule has 0 saturated carbocycles. The van der Waals surface area contributed by atoms with Gasteiger partial charge in [0.15, 0.2) is 8.32 Å². The number of rotatable bonds is 7. The summed E-state index contributed by atoms with van der Waals surface area (Å²) in [6, 6.07) is 1.39. The lowest BCUT2D eigenvalue weighted by Crippen LogP contribution is -2.40. The predicted octanol–water partition coefficient (Wildman–Crippen LogP) is 1.97. The number of hydrogen-bond donors (Lipinski definition) is 1. The van der Waals surface area contributed by atoms with E-state index >= 15 is 0 Å². The fraction of sp³-hybridized carbons (Fsp3) is 0.889.